The summed E-state index contributed by atoms with van der Waals surface area (Å²) in [6, 6.07) is 11.3. The van der Waals surface area contributed by atoms with E-state index >= 15 is 0 Å². The number of hydrogen-bond donors (Lipinski definition) is 1. The third kappa shape index (κ3) is 1.93. The molecule has 0 aliphatic carbocycles. The monoisotopic (exact) mass is 268 g/mol. The predicted octanol–water partition coefficient (Wildman–Crippen LogP) is 1.86. The molecule has 2 aromatic rings. The van der Waals surface area contributed by atoms with Crippen molar-refractivity contribution < 1.29 is 14.7 Å². The molecule has 20 heavy (non-hydrogen) atoms. The molecule has 1 aromatic heterocycles. The molecular weight excluding hydrogens is 256 g/mol. The van der Waals surface area contributed by atoms with Gasteiger partial charge in [0.1, 0.15) is 5.69 Å². The summed E-state index contributed by atoms with van der Waals surface area (Å²) in [4.78, 5) is 29.3. The SMILES string of the molecule is O=C(O)[C@H](c1ccccc1)N1Cc2cccnc2C1=O. The zero-order chi connectivity index (χ0) is 14.1. The van der Waals surface area contributed by atoms with Crippen LogP contribution in [0.4, 0.5) is 0 Å². The van der Waals surface area contributed by atoms with Crippen LogP contribution in [0.2, 0.25) is 0 Å². The number of carbonyl (C=O) groups excluding carboxylic acids is 1. The summed E-state index contributed by atoms with van der Waals surface area (Å²) in [5.41, 5.74) is 1.69. The molecule has 5 heteroatoms. The molecule has 0 fully saturated rings. The molecule has 1 aliphatic rings. The van der Waals surface area contributed by atoms with Gasteiger partial charge in [-0.25, -0.2) is 4.79 Å². The molecule has 1 aliphatic heterocycles. The number of benzene rings is 1. The highest BCUT2D eigenvalue weighted by Gasteiger charge is 2.37. The van der Waals surface area contributed by atoms with E-state index in [9.17, 15) is 14.7 Å². The highest BCUT2D eigenvalue weighted by Crippen LogP contribution is 2.30. The number of fused-ring (bicyclic) bond motifs is 1. The first-order valence-electron chi connectivity index (χ1n) is 6.21. The predicted molar refractivity (Wildman–Crippen MR) is 70.9 cm³/mol. The van der Waals surface area contributed by atoms with Crippen molar-refractivity contribution in [1.82, 2.24) is 9.88 Å². The summed E-state index contributed by atoms with van der Waals surface area (Å²) in [6.45, 7) is 0.272. The summed E-state index contributed by atoms with van der Waals surface area (Å²) in [5, 5.41) is 9.47. The van der Waals surface area contributed by atoms with Crippen molar-refractivity contribution in [3.8, 4) is 0 Å². The van der Waals surface area contributed by atoms with E-state index in [0.717, 1.165) is 5.56 Å². The molecule has 0 unspecified atom stereocenters. The van der Waals surface area contributed by atoms with Gasteiger partial charge in [0, 0.05) is 18.3 Å². The Labute approximate surface area is 115 Å². The second kappa shape index (κ2) is 4.77. The van der Waals surface area contributed by atoms with Gasteiger partial charge in [0.15, 0.2) is 6.04 Å². The maximum Gasteiger partial charge on any atom is 0.331 e. The molecular formula is C15H12N2O3. The molecule has 100 valence electrons. The smallest absolute Gasteiger partial charge is 0.331 e. The van der Waals surface area contributed by atoms with E-state index in [2.05, 4.69) is 4.98 Å². The first kappa shape index (κ1) is 12.3. The molecule has 0 radical (unpaired) electrons. The van der Waals surface area contributed by atoms with Gasteiger partial charge < -0.3 is 10.0 Å². The van der Waals surface area contributed by atoms with Gasteiger partial charge >= 0.3 is 5.97 Å². The van der Waals surface area contributed by atoms with Crippen LogP contribution in [0, 0.1) is 0 Å². The van der Waals surface area contributed by atoms with Gasteiger partial charge in [-0.3, -0.25) is 9.78 Å². The van der Waals surface area contributed by atoms with Gasteiger partial charge in [-0.05, 0) is 11.6 Å². The molecule has 1 N–H and O–H groups in total. The lowest BCUT2D eigenvalue weighted by molar-refractivity contribution is -0.142. The van der Waals surface area contributed by atoms with Crippen LogP contribution in [0.25, 0.3) is 0 Å². The molecule has 1 amide bonds. The van der Waals surface area contributed by atoms with Crippen LogP contribution < -0.4 is 0 Å². The Kier molecular flexibility index (Phi) is 2.95. The van der Waals surface area contributed by atoms with Gasteiger partial charge in [-0.2, -0.15) is 0 Å². The van der Waals surface area contributed by atoms with Gasteiger partial charge in [0.05, 0.1) is 0 Å². The van der Waals surface area contributed by atoms with Crippen LogP contribution >= 0.6 is 0 Å². The number of amides is 1. The standard InChI is InChI=1S/C15H12N2O3/c18-14-12-11(7-4-8-16-12)9-17(14)13(15(19)20)10-5-2-1-3-6-10/h1-8,13H,9H2,(H,19,20)/t13-/m0/s1. The van der Waals surface area contributed by atoms with Crippen molar-refractivity contribution in [2.24, 2.45) is 0 Å². The Hall–Kier alpha value is -2.69. The van der Waals surface area contributed by atoms with Crippen LogP contribution in [0.3, 0.4) is 0 Å². The Morgan fingerprint density at radius 2 is 1.95 bits per heavy atom. The number of carboxylic acid groups (broad SMARTS) is 1. The third-order valence-corrected chi connectivity index (χ3v) is 3.36. The lowest BCUT2D eigenvalue weighted by atomic mass is 10.1. The second-order valence-electron chi connectivity index (χ2n) is 4.60. The van der Waals surface area contributed by atoms with E-state index in [1.807, 2.05) is 6.07 Å². The third-order valence-electron chi connectivity index (χ3n) is 3.36. The molecule has 5 nitrogen and oxygen atoms in total. The van der Waals surface area contributed by atoms with E-state index < -0.39 is 12.0 Å². The van der Waals surface area contributed by atoms with Crippen LogP contribution in [0.15, 0.2) is 48.7 Å². The molecule has 1 aromatic carbocycles. The molecule has 2 heterocycles. The molecule has 3 rings (SSSR count). The Morgan fingerprint density at radius 3 is 2.60 bits per heavy atom. The number of pyridine rings is 1. The van der Waals surface area contributed by atoms with Crippen molar-refractivity contribution >= 4 is 11.9 Å². The summed E-state index contributed by atoms with van der Waals surface area (Å²) < 4.78 is 0. The van der Waals surface area contributed by atoms with Crippen molar-refractivity contribution in [2.45, 2.75) is 12.6 Å². The normalized spacial score (nSPS) is 15.0. The summed E-state index contributed by atoms with van der Waals surface area (Å²) in [5.74, 6) is -1.38. The number of carboxylic acids is 1. The number of rotatable bonds is 3. The summed E-state index contributed by atoms with van der Waals surface area (Å²) in [7, 11) is 0. The fourth-order valence-corrected chi connectivity index (χ4v) is 2.45. The number of carbonyl (C=O) groups is 2. The Balaban J connectivity index is 2.00. The van der Waals surface area contributed by atoms with E-state index in [0.29, 0.717) is 11.3 Å². The van der Waals surface area contributed by atoms with Crippen molar-refractivity contribution in [2.75, 3.05) is 0 Å². The highest BCUT2D eigenvalue weighted by atomic mass is 16.4. The maximum absolute atomic E-state index is 12.3. The highest BCUT2D eigenvalue weighted by molar-refractivity contribution is 5.98. The lowest BCUT2D eigenvalue weighted by Crippen LogP contribution is -2.34. The Bertz CT molecular complexity index is 670. The minimum atomic E-state index is -1.04. The average molecular weight is 268 g/mol. The van der Waals surface area contributed by atoms with Crippen LogP contribution in [-0.2, 0) is 11.3 Å². The zero-order valence-electron chi connectivity index (χ0n) is 10.6. The van der Waals surface area contributed by atoms with Crippen LogP contribution in [-0.4, -0.2) is 26.9 Å². The van der Waals surface area contributed by atoms with Crippen LogP contribution in [0.5, 0.6) is 0 Å². The zero-order valence-corrected chi connectivity index (χ0v) is 10.6. The van der Waals surface area contributed by atoms with Crippen molar-refractivity contribution in [1.29, 1.82) is 0 Å². The van der Waals surface area contributed by atoms with Gasteiger partial charge in [0.25, 0.3) is 5.91 Å². The molecule has 0 bridgehead atoms. The first-order chi connectivity index (χ1) is 9.68. The van der Waals surface area contributed by atoms with E-state index in [-0.39, 0.29) is 12.5 Å². The van der Waals surface area contributed by atoms with E-state index in [1.54, 1.807) is 42.6 Å². The van der Waals surface area contributed by atoms with Gasteiger partial charge in [-0.1, -0.05) is 36.4 Å². The molecule has 0 saturated carbocycles. The number of hydrogen-bond acceptors (Lipinski definition) is 3. The molecule has 0 spiro atoms. The molecule has 0 saturated heterocycles. The first-order valence-corrected chi connectivity index (χ1v) is 6.21. The van der Waals surface area contributed by atoms with Gasteiger partial charge in [0.2, 0.25) is 0 Å². The fraction of sp³-hybridized carbons (Fsp3) is 0.133. The quantitative estimate of drug-likeness (QED) is 0.922. The topological polar surface area (TPSA) is 70.5 Å². The molecule has 1 atom stereocenters. The second-order valence-corrected chi connectivity index (χ2v) is 4.60. The number of aliphatic carboxylic acids is 1. The number of aromatic nitrogens is 1. The van der Waals surface area contributed by atoms with Crippen molar-refractivity contribution in [3.05, 3.63) is 65.5 Å². The van der Waals surface area contributed by atoms with Crippen molar-refractivity contribution in [3.63, 3.8) is 0 Å². The van der Waals surface area contributed by atoms with E-state index in [4.69, 9.17) is 0 Å². The fourth-order valence-electron chi connectivity index (χ4n) is 2.45. The number of nitrogens with zero attached hydrogens (tertiary/aromatic N) is 2. The minimum Gasteiger partial charge on any atom is -0.479 e. The summed E-state index contributed by atoms with van der Waals surface area (Å²) in [6.07, 6.45) is 1.54. The summed E-state index contributed by atoms with van der Waals surface area (Å²) >= 11 is 0. The van der Waals surface area contributed by atoms with Gasteiger partial charge in [-0.15, -0.1) is 0 Å². The minimum absolute atomic E-state index is 0.272. The lowest BCUT2D eigenvalue weighted by Gasteiger charge is -2.24. The average Bonchev–Trinajstić information content (AvgIpc) is 2.78. The van der Waals surface area contributed by atoms with Crippen LogP contribution in [0.1, 0.15) is 27.7 Å². The maximum atomic E-state index is 12.3. The Morgan fingerprint density at radius 1 is 1.20 bits per heavy atom. The van der Waals surface area contributed by atoms with E-state index in [1.165, 1.54) is 4.90 Å². The largest absolute Gasteiger partial charge is 0.479 e.